The zero-order valence-corrected chi connectivity index (χ0v) is 24.3. The second-order valence-corrected chi connectivity index (χ2v) is 11.6. The predicted molar refractivity (Wildman–Crippen MR) is 153 cm³/mol. The molecule has 220 valence electrons. The molecule has 0 aliphatic carbocycles. The molecule has 4 atom stereocenters. The third-order valence-corrected chi connectivity index (χ3v) is 6.17. The number of rotatable bonds is 10. The minimum Gasteiger partial charge on any atom is -0.508 e. The standard InChI is InChI=1S/C29H39BN4O7/c1-17(2)15-23(30-40-22(16-24(36)41-30)27(38)34-29(4,5)6)32-28(39)25(18(3)35)33-26(37)21-14-10-13-20(31-21)19-11-8-7-9-12-19/h7-14,17-18,22-23,25,35H,15-16H2,1-6H3,(H,32,39)(H,33,37)(H,34,38)/t18-,22-,23+,25+/m1/s1. The van der Waals surface area contributed by atoms with Crippen LogP contribution in [0.3, 0.4) is 0 Å². The van der Waals surface area contributed by atoms with Crippen molar-refractivity contribution in [3.63, 3.8) is 0 Å². The lowest BCUT2D eigenvalue weighted by Crippen LogP contribution is -2.61. The van der Waals surface area contributed by atoms with Crippen LogP contribution in [0.5, 0.6) is 0 Å². The lowest BCUT2D eigenvalue weighted by molar-refractivity contribution is -0.149. The van der Waals surface area contributed by atoms with Crippen molar-refractivity contribution < 1.29 is 33.6 Å². The van der Waals surface area contributed by atoms with Crippen molar-refractivity contribution in [2.45, 2.75) is 84.1 Å². The van der Waals surface area contributed by atoms with Crippen LogP contribution >= 0.6 is 0 Å². The van der Waals surface area contributed by atoms with Gasteiger partial charge in [0.05, 0.1) is 24.2 Å². The number of carbonyl (C=O) groups excluding carboxylic acids is 4. The van der Waals surface area contributed by atoms with Crippen LogP contribution < -0.4 is 16.0 Å². The first-order chi connectivity index (χ1) is 19.2. The van der Waals surface area contributed by atoms with E-state index in [1.54, 1.807) is 12.1 Å². The SMILES string of the molecule is CC(C)C[C@H](NC(=O)[C@@H](NC(=O)c1cccc(-c2ccccc2)n1)[C@@H](C)O)B1OC(=O)C[C@H](C(=O)NC(C)(C)C)O1. The summed E-state index contributed by atoms with van der Waals surface area (Å²) in [6.45, 7) is 10.6. The van der Waals surface area contributed by atoms with Gasteiger partial charge in [-0.05, 0) is 52.2 Å². The molecule has 11 nitrogen and oxygen atoms in total. The van der Waals surface area contributed by atoms with Gasteiger partial charge in [0.15, 0.2) is 0 Å². The van der Waals surface area contributed by atoms with Crippen molar-refractivity contribution in [3.05, 3.63) is 54.2 Å². The van der Waals surface area contributed by atoms with E-state index < -0.39 is 60.5 Å². The Morgan fingerprint density at radius 2 is 1.73 bits per heavy atom. The lowest BCUT2D eigenvalue weighted by Gasteiger charge is -2.34. The van der Waals surface area contributed by atoms with Crippen LogP contribution in [0.2, 0.25) is 0 Å². The van der Waals surface area contributed by atoms with Gasteiger partial charge in [-0.1, -0.05) is 50.2 Å². The number of benzene rings is 1. The van der Waals surface area contributed by atoms with Crippen molar-refractivity contribution in [1.82, 2.24) is 20.9 Å². The number of aliphatic hydroxyl groups is 1. The number of nitrogens with zero attached hydrogens (tertiary/aromatic N) is 1. The van der Waals surface area contributed by atoms with E-state index in [2.05, 4.69) is 20.9 Å². The highest BCUT2D eigenvalue weighted by Gasteiger charge is 2.45. The average molecular weight is 566 g/mol. The number of aromatic nitrogens is 1. The molecule has 0 radical (unpaired) electrons. The van der Waals surface area contributed by atoms with E-state index in [9.17, 15) is 24.3 Å². The topological polar surface area (TPSA) is 156 Å². The molecule has 4 N–H and O–H groups in total. The fourth-order valence-corrected chi connectivity index (χ4v) is 4.32. The van der Waals surface area contributed by atoms with E-state index in [-0.39, 0.29) is 18.0 Å². The van der Waals surface area contributed by atoms with Crippen LogP contribution in [0.4, 0.5) is 0 Å². The van der Waals surface area contributed by atoms with E-state index in [0.717, 1.165) is 5.56 Å². The van der Waals surface area contributed by atoms with Gasteiger partial charge in [-0.2, -0.15) is 0 Å². The third-order valence-electron chi connectivity index (χ3n) is 6.17. The third kappa shape index (κ3) is 9.39. The molecule has 2 aromatic rings. The van der Waals surface area contributed by atoms with Crippen molar-refractivity contribution in [2.24, 2.45) is 5.92 Å². The molecule has 1 aliphatic heterocycles. The highest BCUT2D eigenvalue weighted by atomic mass is 16.6. The van der Waals surface area contributed by atoms with Gasteiger partial charge in [-0.25, -0.2) is 4.98 Å². The van der Waals surface area contributed by atoms with Gasteiger partial charge in [0.2, 0.25) is 11.8 Å². The number of hydrogen-bond acceptors (Lipinski definition) is 8. The summed E-state index contributed by atoms with van der Waals surface area (Å²) in [7, 11) is -1.24. The summed E-state index contributed by atoms with van der Waals surface area (Å²) in [6.07, 6.45) is -2.29. The van der Waals surface area contributed by atoms with Gasteiger partial charge in [0.25, 0.3) is 11.9 Å². The van der Waals surface area contributed by atoms with Crippen LogP contribution in [0.25, 0.3) is 11.3 Å². The van der Waals surface area contributed by atoms with Gasteiger partial charge in [-0.3, -0.25) is 19.2 Å². The second-order valence-electron chi connectivity index (χ2n) is 11.6. The van der Waals surface area contributed by atoms with Crippen LogP contribution in [0.1, 0.15) is 64.9 Å². The van der Waals surface area contributed by atoms with Crippen LogP contribution in [-0.2, 0) is 23.7 Å². The molecule has 1 aromatic carbocycles. The molecule has 0 unspecified atom stereocenters. The van der Waals surface area contributed by atoms with E-state index in [1.807, 2.05) is 65.0 Å². The molecular weight excluding hydrogens is 527 g/mol. The Kier molecular flexibility index (Phi) is 10.6. The molecule has 12 heteroatoms. The molecule has 1 aliphatic rings. The molecule has 3 rings (SSSR count). The molecule has 0 bridgehead atoms. The van der Waals surface area contributed by atoms with E-state index in [0.29, 0.717) is 12.1 Å². The molecule has 41 heavy (non-hydrogen) atoms. The molecule has 1 aromatic heterocycles. The number of carbonyl (C=O) groups is 4. The van der Waals surface area contributed by atoms with Crippen LogP contribution in [-0.4, -0.2) is 70.6 Å². The smallest absolute Gasteiger partial charge is 0.508 e. The number of hydrogen-bond donors (Lipinski definition) is 4. The average Bonchev–Trinajstić information content (AvgIpc) is 2.90. The normalized spacial score (nSPS) is 17.7. The van der Waals surface area contributed by atoms with Crippen molar-refractivity contribution >= 4 is 30.8 Å². The summed E-state index contributed by atoms with van der Waals surface area (Å²) in [4.78, 5) is 56.0. The van der Waals surface area contributed by atoms with Gasteiger partial charge in [-0.15, -0.1) is 0 Å². The highest BCUT2D eigenvalue weighted by Crippen LogP contribution is 2.20. The molecule has 2 heterocycles. The summed E-state index contributed by atoms with van der Waals surface area (Å²) in [5.74, 6) is -3.27. The molecule has 1 saturated heterocycles. The zero-order valence-electron chi connectivity index (χ0n) is 24.3. The van der Waals surface area contributed by atoms with Crippen molar-refractivity contribution in [2.75, 3.05) is 0 Å². The fourth-order valence-electron chi connectivity index (χ4n) is 4.32. The number of pyridine rings is 1. The molecule has 3 amide bonds. The van der Waals surface area contributed by atoms with Crippen LogP contribution in [0, 0.1) is 5.92 Å². The molecule has 0 saturated carbocycles. The Bertz CT molecular complexity index is 1230. The number of aliphatic hydroxyl groups excluding tert-OH is 1. The first-order valence-corrected chi connectivity index (χ1v) is 13.7. The van der Waals surface area contributed by atoms with E-state index >= 15 is 0 Å². The Hall–Kier alpha value is -3.77. The Morgan fingerprint density at radius 1 is 1.05 bits per heavy atom. The van der Waals surface area contributed by atoms with E-state index in [4.69, 9.17) is 9.31 Å². The summed E-state index contributed by atoms with van der Waals surface area (Å²) in [5, 5.41) is 18.5. The Morgan fingerprint density at radius 3 is 2.34 bits per heavy atom. The Labute approximate surface area is 240 Å². The first-order valence-electron chi connectivity index (χ1n) is 13.7. The maximum absolute atomic E-state index is 13.4. The van der Waals surface area contributed by atoms with Gasteiger partial charge >= 0.3 is 7.12 Å². The number of nitrogens with one attached hydrogen (secondary N) is 3. The van der Waals surface area contributed by atoms with E-state index in [1.165, 1.54) is 13.0 Å². The molecular formula is C29H39BN4O7. The Balaban J connectivity index is 1.75. The summed E-state index contributed by atoms with van der Waals surface area (Å²) in [6, 6.07) is 12.9. The second kappa shape index (κ2) is 13.7. The molecule has 1 fully saturated rings. The van der Waals surface area contributed by atoms with Crippen LogP contribution in [0.15, 0.2) is 48.5 Å². The minimum absolute atomic E-state index is 0.0379. The van der Waals surface area contributed by atoms with Crippen molar-refractivity contribution in [3.8, 4) is 11.3 Å². The maximum Gasteiger partial charge on any atom is 0.551 e. The van der Waals surface area contributed by atoms with Crippen molar-refractivity contribution in [1.29, 1.82) is 0 Å². The predicted octanol–water partition coefficient (Wildman–Crippen LogP) is 2.03. The minimum atomic E-state index is -1.35. The maximum atomic E-state index is 13.4. The summed E-state index contributed by atoms with van der Waals surface area (Å²) < 4.78 is 11.2. The van der Waals surface area contributed by atoms with Gasteiger partial charge in [0.1, 0.15) is 17.8 Å². The molecule has 0 spiro atoms. The fraction of sp³-hybridized carbons (Fsp3) is 0.483. The quantitative estimate of drug-likeness (QED) is 0.319. The largest absolute Gasteiger partial charge is 0.551 e. The summed E-state index contributed by atoms with van der Waals surface area (Å²) >= 11 is 0. The highest BCUT2D eigenvalue weighted by molar-refractivity contribution is 6.50. The monoisotopic (exact) mass is 566 g/mol. The van der Waals surface area contributed by atoms with Gasteiger partial charge < -0.3 is 30.4 Å². The van der Waals surface area contributed by atoms with Gasteiger partial charge in [0, 0.05) is 11.1 Å². The first kappa shape index (κ1) is 31.8. The zero-order chi connectivity index (χ0) is 30.3. The lowest BCUT2D eigenvalue weighted by atomic mass is 9.72. The number of amides is 3. The summed E-state index contributed by atoms with van der Waals surface area (Å²) in [5.41, 5.74) is 0.927.